The molecule has 1 amide bonds. The molecule has 2 aromatic rings. The molecule has 7 nitrogen and oxygen atoms in total. The lowest BCUT2D eigenvalue weighted by Crippen LogP contribution is -2.14. The van der Waals surface area contributed by atoms with E-state index in [-0.39, 0.29) is 12.3 Å². The van der Waals surface area contributed by atoms with Gasteiger partial charge in [0.15, 0.2) is 11.5 Å². The number of hydrogen-bond donors (Lipinski definition) is 4. The van der Waals surface area contributed by atoms with Crippen molar-refractivity contribution in [2.45, 2.75) is 6.61 Å². The number of nitrogens with one attached hydrogen (secondary N) is 1. The van der Waals surface area contributed by atoms with Gasteiger partial charge in [0.1, 0.15) is 12.2 Å². The topological polar surface area (TPSA) is 116 Å². The number of benzene rings is 2. The second-order valence-electron chi connectivity index (χ2n) is 4.38. The minimum absolute atomic E-state index is 0.00855. The van der Waals surface area contributed by atoms with Gasteiger partial charge in [-0.15, -0.1) is 0 Å². The molecule has 0 saturated heterocycles. The molecule has 0 atom stereocenters. The van der Waals surface area contributed by atoms with Crippen molar-refractivity contribution in [1.82, 2.24) is 0 Å². The highest BCUT2D eigenvalue weighted by atomic mass is 16.5. The van der Waals surface area contributed by atoms with Crippen LogP contribution in [0.3, 0.4) is 0 Å². The molecule has 0 aliphatic rings. The predicted octanol–water partition coefficient (Wildman–Crippen LogP) is 2.54. The van der Waals surface area contributed by atoms with E-state index in [4.69, 9.17) is 9.84 Å². The zero-order valence-corrected chi connectivity index (χ0v) is 11.3. The maximum absolute atomic E-state index is 11.6. The Labute approximate surface area is 125 Å². The van der Waals surface area contributed by atoms with E-state index in [2.05, 4.69) is 5.32 Å². The largest absolute Gasteiger partial charge is 0.504 e. The van der Waals surface area contributed by atoms with Crippen molar-refractivity contribution in [2.24, 2.45) is 0 Å². The van der Waals surface area contributed by atoms with Crippen LogP contribution in [0.5, 0.6) is 11.5 Å². The van der Waals surface area contributed by atoms with Crippen LogP contribution in [0.25, 0.3) is 0 Å². The Kier molecular flexibility index (Phi) is 4.47. The SMILES string of the molecule is O=C(Nc1cc(O)c(O)c(C(=O)O)c1)OCc1ccccc1. The summed E-state index contributed by atoms with van der Waals surface area (Å²) in [6.07, 6.45) is -0.815. The fraction of sp³-hybridized carbons (Fsp3) is 0.0667. The average Bonchev–Trinajstić information content (AvgIpc) is 2.49. The van der Waals surface area contributed by atoms with Gasteiger partial charge in [-0.1, -0.05) is 30.3 Å². The van der Waals surface area contributed by atoms with Crippen molar-refractivity contribution in [1.29, 1.82) is 0 Å². The van der Waals surface area contributed by atoms with E-state index < -0.39 is 29.1 Å². The van der Waals surface area contributed by atoms with Gasteiger partial charge in [0.2, 0.25) is 0 Å². The molecule has 22 heavy (non-hydrogen) atoms. The van der Waals surface area contributed by atoms with E-state index in [1.165, 1.54) is 0 Å². The van der Waals surface area contributed by atoms with Crippen LogP contribution < -0.4 is 5.32 Å². The van der Waals surface area contributed by atoms with Crippen molar-refractivity contribution < 1.29 is 29.6 Å². The van der Waals surface area contributed by atoms with Crippen LogP contribution in [0.15, 0.2) is 42.5 Å². The zero-order chi connectivity index (χ0) is 16.1. The third-order valence-electron chi connectivity index (χ3n) is 2.78. The Morgan fingerprint density at radius 1 is 1.09 bits per heavy atom. The molecule has 0 saturated carbocycles. The molecular formula is C15H13NO6. The first-order chi connectivity index (χ1) is 10.5. The van der Waals surface area contributed by atoms with E-state index in [0.29, 0.717) is 0 Å². The van der Waals surface area contributed by atoms with Crippen molar-refractivity contribution in [2.75, 3.05) is 5.32 Å². The number of phenolic OH excluding ortho intramolecular Hbond substituents is 1. The summed E-state index contributed by atoms with van der Waals surface area (Å²) in [6.45, 7) is 0.0442. The maximum atomic E-state index is 11.6. The van der Waals surface area contributed by atoms with Crippen LogP contribution in [0, 0.1) is 0 Å². The number of aromatic hydroxyl groups is 2. The monoisotopic (exact) mass is 303 g/mol. The molecule has 0 aliphatic carbocycles. The third kappa shape index (κ3) is 3.66. The first-order valence-electron chi connectivity index (χ1n) is 6.24. The molecule has 114 valence electrons. The number of phenols is 2. The molecule has 0 unspecified atom stereocenters. The summed E-state index contributed by atoms with van der Waals surface area (Å²) in [7, 11) is 0. The Morgan fingerprint density at radius 2 is 1.77 bits per heavy atom. The van der Waals surface area contributed by atoms with Gasteiger partial charge >= 0.3 is 12.1 Å². The Balaban J connectivity index is 2.04. The molecular weight excluding hydrogens is 290 g/mol. The number of anilines is 1. The van der Waals surface area contributed by atoms with Gasteiger partial charge in [0, 0.05) is 11.8 Å². The normalized spacial score (nSPS) is 10.0. The fourth-order valence-electron chi connectivity index (χ4n) is 1.73. The zero-order valence-electron chi connectivity index (χ0n) is 11.3. The van der Waals surface area contributed by atoms with E-state index in [1.54, 1.807) is 24.3 Å². The number of rotatable bonds is 4. The number of carbonyl (C=O) groups excluding carboxylic acids is 1. The molecule has 0 bridgehead atoms. The molecule has 0 spiro atoms. The molecule has 2 rings (SSSR count). The van der Waals surface area contributed by atoms with Crippen molar-refractivity contribution in [3.8, 4) is 11.5 Å². The Morgan fingerprint density at radius 3 is 2.41 bits per heavy atom. The van der Waals surface area contributed by atoms with E-state index in [9.17, 15) is 19.8 Å². The number of carboxylic acid groups (broad SMARTS) is 1. The number of amides is 1. The molecule has 0 radical (unpaired) electrons. The van der Waals surface area contributed by atoms with Crippen LogP contribution in [-0.2, 0) is 11.3 Å². The number of carbonyl (C=O) groups is 2. The summed E-state index contributed by atoms with van der Waals surface area (Å²) in [5.41, 5.74) is 0.251. The lowest BCUT2D eigenvalue weighted by Gasteiger charge is -2.09. The van der Waals surface area contributed by atoms with Crippen molar-refractivity contribution >= 4 is 17.7 Å². The molecule has 0 aliphatic heterocycles. The lowest BCUT2D eigenvalue weighted by atomic mass is 10.1. The van der Waals surface area contributed by atoms with Crippen LogP contribution in [-0.4, -0.2) is 27.4 Å². The molecule has 4 N–H and O–H groups in total. The molecule has 0 heterocycles. The van der Waals surface area contributed by atoms with E-state index in [0.717, 1.165) is 17.7 Å². The first kappa shape index (κ1) is 15.2. The van der Waals surface area contributed by atoms with E-state index in [1.807, 2.05) is 6.07 Å². The number of hydrogen-bond acceptors (Lipinski definition) is 5. The average molecular weight is 303 g/mol. The fourth-order valence-corrected chi connectivity index (χ4v) is 1.73. The minimum Gasteiger partial charge on any atom is -0.504 e. The smallest absolute Gasteiger partial charge is 0.411 e. The van der Waals surface area contributed by atoms with E-state index >= 15 is 0 Å². The maximum Gasteiger partial charge on any atom is 0.411 e. The highest BCUT2D eigenvalue weighted by molar-refractivity contribution is 5.95. The van der Waals surface area contributed by atoms with Gasteiger partial charge in [0.05, 0.1) is 0 Å². The molecule has 2 aromatic carbocycles. The highest BCUT2D eigenvalue weighted by Crippen LogP contribution is 2.32. The second kappa shape index (κ2) is 6.49. The number of ether oxygens (including phenoxy) is 1. The minimum atomic E-state index is -1.44. The summed E-state index contributed by atoms with van der Waals surface area (Å²) in [4.78, 5) is 22.5. The third-order valence-corrected chi connectivity index (χ3v) is 2.78. The number of carboxylic acids is 1. The van der Waals surface area contributed by atoms with Gasteiger partial charge in [0.25, 0.3) is 0 Å². The molecule has 0 aromatic heterocycles. The van der Waals surface area contributed by atoms with Crippen LogP contribution >= 0.6 is 0 Å². The van der Waals surface area contributed by atoms with Gasteiger partial charge in [-0.3, -0.25) is 5.32 Å². The second-order valence-corrected chi connectivity index (χ2v) is 4.38. The van der Waals surface area contributed by atoms with Crippen LogP contribution in [0.1, 0.15) is 15.9 Å². The Hall–Kier alpha value is -3.22. The quantitative estimate of drug-likeness (QED) is 0.509. The molecule has 7 heteroatoms. The summed E-state index contributed by atoms with van der Waals surface area (Å²) >= 11 is 0. The van der Waals surface area contributed by atoms with Crippen molar-refractivity contribution in [3.63, 3.8) is 0 Å². The Bertz CT molecular complexity index is 699. The van der Waals surface area contributed by atoms with Crippen LogP contribution in [0.2, 0.25) is 0 Å². The predicted molar refractivity (Wildman–Crippen MR) is 77.0 cm³/mol. The highest BCUT2D eigenvalue weighted by Gasteiger charge is 2.16. The van der Waals surface area contributed by atoms with Gasteiger partial charge in [-0.05, 0) is 11.6 Å². The lowest BCUT2D eigenvalue weighted by molar-refractivity contribution is 0.0693. The standard InChI is InChI=1S/C15H13NO6/c17-12-7-10(6-11(13(12)18)14(19)20)16-15(21)22-8-9-4-2-1-3-5-9/h1-7,17-18H,8H2,(H,16,21)(H,19,20). The van der Waals surface area contributed by atoms with Gasteiger partial charge in [-0.2, -0.15) is 0 Å². The van der Waals surface area contributed by atoms with Gasteiger partial charge in [-0.25, -0.2) is 9.59 Å². The van der Waals surface area contributed by atoms with Gasteiger partial charge < -0.3 is 20.1 Å². The number of aromatic carboxylic acids is 1. The van der Waals surface area contributed by atoms with Crippen LogP contribution in [0.4, 0.5) is 10.5 Å². The summed E-state index contributed by atoms with van der Waals surface area (Å²) < 4.78 is 4.96. The molecule has 0 fully saturated rings. The summed E-state index contributed by atoms with van der Waals surface area (Å²) in [6, 6.07) is 11.0. The van der Waals surface area contributed by atoms with Crippen molar-refractivity contribution in [3.05, 3.63) is 53.6 Å². The summed E-state index contributed by atoms with van der Waals surface area (Å²) in [5, 5.41) is 30.0. The summed E-state index contributed by atoms with van der Waals surface area (Å²) in [5.74, 6) is -2.86. The first-order valence-corrected chi connectivity index (χ1v) is 6.24.